The quantitative estimate of drug-likeness (QED) is 0.768. The Morgan fingerprint density at radius 3 is 1.65 bits per heavy atom. The van der Waals surface area contributed by atoms with Crippen molar-refractivity contribution in [2.24, 2.45) is 35.5 Å². The van der Waals surface area contributed by atoms with E-state index in [2.05, 4.69) is 9.80 Å². The first-order valence-electron chi connectivity index (χ1n) is 10.8. The lowest BCUT2D eigenvalue weighted by Gasteiger charge is -2.58. The second-order valence-corrected chi connectivity index (χ2v) is 10.2. The molecular formula is C21H34N2. The molecule has 3 unspecified atom stereocenters. The lowest BCUT2D eigenvalue weighted by atomic mass is 9.54. The average molecular weight is 315 g/mol. The van der Waals surface area contributed by atoms with Gasteiger partial charge in [0.15, 0.2) is 0 Å². The minimum atomic E-state index is 0.981. The van der Waals surface area contributed by atoms with Crippen LogP contribution in [-0.2, 0) is 0 Å². The number of hydrogen-bond donors (Lipinski definition) is 0. The molecular weight excluding hydrogens is 280 g/mol. The Morgan fingerprint density at radius 2 is 1.09 bits per heavy atom. The van der Waals surface area contributed by atoms with Crippen LogP contribution in [0.2, 0.25) is 0 Å². The molecule has 6 saturated carbocycles. The molecule has 1 heterocycles. The molecule has 23 heavy (non-hydrogen) atoms. The van der Waals surface area contributed by atoms with Gasteiger partial charge in [-0.25, -0.2) is 0 Å². The average Bonchev–Trinajstić information content (AvgIpc) is 3.17. The summed E-state index contributed by atoms with van der Waals surface area (Å²) in [5, 5.41) is 0. The molecule has 6 aliphatic carbocycles. The maximum Gasteiger partial charge on any atom is 0.0153 e. The van der Waals surface area contributed by atoms with Crippen LogP contribution < -0.4 is 0 Å². The zero-order valence-corrected chi connectivity index (χ0v) is 14.7. The molecule has 0 spiro atoms. The van der Waals surface area contributed by atoms with Gasteiger partial charge in [-0.3, -0.25) is 9.80 Å². The molecule has 1 aliphatic heterocycles. The van der Waals surface area contributed by atoms with Gasteiger partial charge in [-0.15, -0.1) is 0 Å². The van der Waals surface area contributed by atoms with E-state index in [9.17, 15) is 0 Å². The third-order valence-electron chi connectivity index (χ3n) is 9.12. The van der Waals surface area contributed by atoms with Gasteiger partial charge in [-0.05, 0) is 86.9 Å². The second-order valence-electron chi connectivity index (χ2n) is 10.2. The van der Waals surface area contributed by atoms with E-state index in [1.165, 1.54) is 26.2 Å². The van der Waals surface area contributed by atoms with Crippen molar-refractivity contribution in [2.45, 2.75) is 69.9 Å². The first kappa shape index (κ1) is 14.1. The largest absolute Gasteiger partial charge is 0.298 e. The normalized spacial score (nSPS) is 55.8. The summed E-state index contributed by atoms with van der Waals surface area (Å²) in [5.41, 5.74) is 0. The first-order chi connectivity index (χ1) is 11.3. The van der Waals surface area contributed by atoms with Gasteiger partial charge >= 0.3 is 0 Å². The lowest BCUT2D eigenvalue weighted by molar-refractivity contribution is -0.0805. The SMILES string of the molecule is C1CC2CC1CC2N1CCN(C2C3CC4CC(C3)CC2C4)CC1. The monoisotopic (exact) mass is 314 g/mol. The summed E-state index contributed by atoms with van der Waals surface area (Å²) in [4.78, 5) is 5.88. The molecule has 1 saturated heterocycles. The van der Waals surface area contributed by atoms with Crippen LogP contribution >= 0.6 is 0 Å². The number of rotatable bonds is 2. The van der Waals surface area contributed by atoms with Crippen molar-refractivity contribution < 1.29 is 0 Å². The topological polar surface area (TPSA) is 6.48 Å². The van der Waals surface area contributed by atoms with Crippen LogP contribution in [0.5, 0.6) is 0 Å². The van der Waals surface area contributed by atoms with Crippen LogP contribution in [0.3, 0.4) is 0 Å². The fourth-order valence-corrected chi connectivity index (χ4v) is 8.52. The maximum atomic E-state index is 2.97. The molecule has 7 aliphatic rings. The molecule has 0 aromatic rings. The van der Waals surface area contributed by atoms with Gasteiger partial charge in [-0.1, -0.05) is 6.42 Å². The van der Waals surface area contributed by atoms with Gasteiger partial charge in [0.2, 0.25) is 0 Å². The summed E-state index contributed by atoms with van der Waals surface area (Å²) in [6.07, 6.45) is 14.2. The highest BCUT2D eigenvalue weighted by atomic mass is 15.3. The molecule has 0 aromatic heterocycles. The van der Waals surface area contributed by atoms with Crippen LogP contribution in [0, 0.1) is 35.5 Å². The lowest BCUT2D eigenvalue weighted by Crippen LogP contribution is -2.61. The van der Waals surface area contributed by atoms with Crippen LogP contribution in [0.15, 0.2) is 0 Å². The highest BCUT2D eigenvalue weighted by Gasteiger charge is 2.51. The molecule has 128 valence electrons. The second kappa shape index (κ2) is 5.21. The Bertz CT molecular complexity index is 438. The zero-order chi connectivity index (χ0) is 15.0. The molecule has 3 atom stereocenters. The Morgan fingerprint density at radius 1 is 0.478 bits per heavy atom. The zero-order valence-electron chi connectivity index (χ0n) is 14.7. The summed E-state index contributed by atoms with van der Waals surface area (Å²) in [6, 6.07) is 1.97. The fourth-order valence-electron chi connectivity index (χ4n) is 8.52. The van der Waals surface area contributed by atoms with E-state index in [0.29, 0.717) is 0 Å². The summed E-state index contributed by atoms with van der Waals surface area (Å²) in [5.74, 6) is 6.61. The van der Waals surface area contributed by atoms with E-state index in [1.807, 2.05) is 0 Å². The third-order valence-corrected chi connectivity index (χ3v) is 9.12. The minimum absolute atomic E-state index is 0.981. The molecule has 6 bridgehead atoms. The molecule has 0 radical (unpaired) electrons. The van der Waals surface area contributed by atoms with Gasteiger partial charge in [0.1, 0.15) is 0 Å². The van der Waals surface area contributed by atoms with Gasteiger partial charge in [-0.2, -0.15) is 0 Å². The maximum absolute atomic E-state index is 2.97. The van der Waals surface area contributed by atoms with E-state index < -0.39 is 0 Å². The molecule has 2 heteroatoms. The van der Waals surface area contributed by atoms with Gasteiger partial charge in [0, 0.05) is 38.3 Å². The molecule has 0 aromatic carbocycles. The van der Waals surface area contributed by atoms with E-state index >= 15 is 0 Å². The van der Waals surface area contributed by atoms with E-state index in [1.54, 1.807) is 57.8 Å². The van der Waals surface area contributed by atoms with Crippen molar-refractivity contribution in [1.82, 2.24) is 9.80 Å². The van der Waals surface area contributed by atoms with Crippen LogP contribution in [0.4, 0.5) is 0 Å². The summed E-state index contributed by atoms with van der Waals surface area (Å²) in [7, 11) is 0. The van der Waals surface area contributed by atoms with Gasteiger partial charge < -0.3 is 0 Å². The fraction of sp³-hybridized carbons (Fsp3) is 1.00. The molecule has 2 nitrogen and oxygen atoms in total. The number of fused-ring (bicyclic) bond motifs is 2. The van der Waals surface area contributed by atoms with Crippen LogP contribution in [0.25, 0.3) is 0 Å². The van der Waals surface area contributed by atoms with Gasteiger partial charge in [0.25, 0.3) is 0 Å². The van der Waals surface area contributed by atoms with Crippen molar-refractivity contribution in [2.75, 3.05) is 26.2 Å². The van der Waals surface area contributed by atoms with Crippen LogP contribution in [-0.4, -0.2) is 48.1 Å². The Kier molecular flexibility index (Phi) is 3.20. The van der Waals surface area contributed by atoms with Crippen molar-refractivity contribution in [3.63, 3.8) is 0 Å². The summed E-state index contributed by atoms with van der Waals surface area (Å²) < 4.78 is 0. The molecule has 0 amide bonds. The number of hydrogen-bond acceptors (Lipinski definition) is 2. The summed E-state index contributed by atoms with van der Waals surface area (Å²) >= 11 is 0. The molecule has 7 rings (SSSR count). The minimum Gasteiger partial charge on any atom is -0.298 e. The van der Waals surface area contributed by atoms with Crippen molar-refractivity contribution in [3.05, 3.63) is 0 Å². The molecule has 0 N–H and O–H groups in total. The van der Waals surface area contributed by atoms with Crippen molar-refractivity contribution in [3.8, 4) is 0 Å². The predicted molar refractivity (Wildman–Crippen MR) is 93.2 cm³/mol. The van der Waals surface area contributed by atoms with Crippen molar-refractivity contribution >= 4 is 0 Å². The summed E-state index contributed by atoms with van der Waals surface area (Å²) in [6.45, 7) is 5.55. The van der Waals surface area contributed by atoms with E-state index in [-0.39, 0.29) is 0 Å². The highest BCUT2D eigenvalue weighted by Crippen LogP contribution is 2.55. The van der Waals surface area contributed by atoms with Gasteiger partial charge in [0.05, 0.1) is 0 Å². The first-order valence-corrected chi connectivity index (χ1v) is 10.8. The third kappa shape index (κ3) is 2.20. The van der Waals surface area contributed by atoms with Crippen molar-refractivity contribution in [1.29, 1.82) is 0 Å². The molecule has 7 fully saturated rings. The van der Waals surface area contributed by atoms with E-state index in [0.717, 1.165) is 47.6 Å². The smallest absolute Gasteiger partial charge is 0.0153 e. The predicted octanol–water partition coefficient (Wildman–Crippen LogP) is 3.62. The number of nitrogens with zero attached hydrogens (tertiary/aromatic N) is 2. The van der Waals surface area contributed by atoms with Crippen LogP contribution in [0.1, 0.15) is 57.8 Å². The highest BCUT2D eigenvalue weighted by molar-refractivity contribution is 5.03. The van der Waals surface area contributed by atoms with E-state index in [4.69, 9.17) is 0 Å². The Balaban J connectivity index is 1.11. The Labute approximate surface area is 142 Å². The Hall–Kier alpha value is -0.0800. The number of piperazine rings is 1. The standard InChI is InChI=1S/C21H34N2/c1-2-17-8-14(1)13-20(17)22-3-5-23(6-4-22)21-18-9-15-7-16(11-18)12-19(21)10-15/h14-21H,1-13H2.